The highest BCUT2D eigenvalue weighted by Crippen LogP contribution is 2.16. The Balaban J connectivity index is 0.00000363. The van der Waals surface area contributed by atoms with Crippen LogP contribution in [0, 0.1) is 5.92 Å². The molecule has 2 saturated heterocycles. The molecule has 8 nitrogen and oxygen atoms in total. The smallest absolute Gasteiger partial charge is 0.191 e. The average molecular weight is 561 g/mol. The van der Waals surface area contributed by atoms with E-state index in [0.29, 0.717) is 5.92 Å². The predicted octanol–water partition coefficient (Wildman–Crippen LogP) is 2.34. The molecule has 1 aromatic heterocycles. The van der Waals surface area contributed by atoms with Crippen molar-refractivity contribution in [2.45, 2.75) is 32.7 Å². The molecule has 0 unspecified atom stereocenters. The zero-order chi connectivity index (χ0) is 21.7. The van der Waals surface area contributed by atoms with Crippen molar-refractivity contribution in [2.75, 3.05) is 77.6 Å². The molecule has 2 aliphatic heterocycles. The predicted molar refractivity (Wildman–Crippen MR) is 141 cm³/mol. The Morgan fingerprint density at radius 2 is 2.00 bits per heavy atom. The maximum absolute atomic E-state index is 5.83. The Labute approximate surface area is 210 Å². The number of ether oxygens (including phenoxy) is 2. The molecule has 0 aromatic carbocycles. The number of hydrogen-bond acceptors (Lipinski definition) is 6. The molecule has 0 amide bonds. The number of likely N-dealkylation sites (N-methyl/N-ethyl adjacent to an activating group) is 1. The van der Waals surface area contributed by atoms with E-state index in [1.165, 1.54) is 5.56 Å². The van der Waals surface area contributed by atoms with Crippen LogP contribution in [0.3, 0.4) is 0 Å². The third-order valence-corrected chi connectivity index (χ3v) is 6.09. The Morgan fingerprint density at radius 1 is 1.22 bits per heavy atom. The molecule has 0 saturated carbocycles. The molecule has 2 N–H and O–H groups in total. The number of aromatic nitrogens is 1. The molecule has 0 spiro atoms. The number of nitrogens with one attached hydrogen (secondary N) is 2. The Kier molecular flexibility index (Phi) is 13.2. The van der Waals surface area contributed by atoms with Gasteiger partial charge in [-0.3, -0.25) is 4.99 Å². The van der Waals surface area contributed by atoms with Crippen molar-refractivity contribution in [1.82, 2.24) is 20.5 Å². The van der Waals surface area contributed by atoms with Gasteiger partial charge in [0.05, 0.1) is 0 Å². The van der Waals surface area contributed by atoms with Crippen LogP contribution in [0.25, 0.3) is 0 Å². The van der Waals surface area contributed by atoms with Gasteiger partial charge in [0.2, 0.25) is 0 Å². The number of aliphatic imine (C=N–C) groups is 1. The summed E-state index contributed by atoms with van der Waals surface area (Å²) in [5, 5.41) is 6.78. The van der Waals surface area contributed by atoms with Gasteiger partial charge in [0.25, 0.3) is 0 Å². The molecule has 1 aromatic rings. The third kappa shape index (κ3) is 9.36. The fraction of sp³-hybridized carbons (Fsp3) is 0.739. The molecular formula is C23H41IN6O2. The first-order valence-corrected chi connectivity index (χ1v) is 11.8. The van der Waals surface area contributed by atoms with E-state index in [-0.39, 0.29) is 24.0 Å². The second-order valence-corrected chi connectivity index (χ2v) is 8.28. The number of anilines is 1. The van der Waals surface area contributed by atoms with Crippen LogP contribution in [0.4, 0.5) is 5.82 Å². The van der Waals surface area contributed by atoms with E-state index in [1.54, 1.807) is 0 Å². The van der Waals surface area contributed by atoms with Crippen molar-refractivity contribution < 1.29 is 9.47 Å². The summed E-state index contributed by atoms with van der Waals surface area (Å²) < 4.78 is 11.2. The summed E-state index contributed by atoms with van der Waals surface area (Å²) in [7, 11) is 1.81. The van der Waals surface area contributed by atoms with Gasteiger partial charge in [0.1, 0.15) is 5.82 Å². The number of guanidine groups is 1. The molecule has 0 atom stereocenters. The first kappa shape index (κ1) is 27.1. The highest BCUT2D eigenvalue weighted by atomic mass is 127. The topological polar surface area (TPSA) is 74.2 Å². The van der Waals surface area contributed by atoms with Gasteiger partial charge in [0.15, 0.2) is 5.96 Å². The highest BCUT2D eigenvalue weighted by molar-refractivity contribution is 14.0. The van der Waals surface area contributed by atoms with Gasteiger partial charge in [-0.2, -0.15) is 0 Å². The highest BCUT2D eigenvalue weighted by Gasteiger charge is 2.17. The van der Waals surface area contributed by atoms with Crippen LogP contribution < -0.4 is 15.5 Å². The molecule has 0 radical (unpaired) electrons. The number of rotatable bonds is 10. The van der Waals surface area contributed by atoms with Crippen molar-refractivity contribution >= 4 is 35.8 Å². The van der Waals surface area contributed by atoms with E-state index < -0.39 is 0 Å². The van der Waals surface area contributed by atoms with Crippen LogP contribution in [0.1, 0.15) is 31.7 Å². The lowest BCUT2D eigenvalue weighted by atomic mass is 10.0. The Hall–Kier alpha value is -1.17. The third-order valence-electron chi connectivity index (χ3n) is 6.09. The van der Waals surface area contributed by atoms with Crippen molar-refractivity contribution in [3.8, 4) is 0 Å². The van der Waals surface area contributed by atoms with Crippen molar-refractivity contribution in [2.24, 2.45) is 10.9 Å². The van der Waals surface area contributed by atoms with Gasteiger partial charge >= 0.3 is 0 Å². The fourth-order valence-electron chi connectivity index (χ4n) is 3.99. The quantitative estimate of drug-likeness (QED) is 0.197. The van der Waals surface area contributed by atoms with Crippen LogP contribution in [0.5, 0.6) is 0 Å². The van der Waals surface area contributed by atoms with Crippen molar-refractivity contribution in [1.29, 1.82) is 0 Å². The number of hydrogen-bond donors (Lipinski definition) is 2. The summed E-state index contributed by atoms with van der Waals surface area (Å²) in [6.45, 7) is 12.6. The van der Waals surface area contributed by atoms with E-state index in [2.05, 4.69) is 49.5 Å². The minimum atomic E-state index is 0. The van der Waals surface area contributed by atoms with Crippen LogP contribution in [0.2, 0.25) is 0 Å². The second kappa shape index (κ2) is 15.6. The summed E-state index contributed by atoms with van der Waals surface area (Å²) in [6.07, 6.45) is 5.12. The maximum Gasteiger partial charge on any atom is 0.191 e. The van der Waals surface area contributed by atoms with E-state index in [9.17, 15) is 0 Å². The Morgan fingerprint density at radius 3 is 2.72 bits per heavy atom. The van der Waals surface area contributed by atoms with E-state index >= 15 is 0 Å². The first-order chi connectivity index (χ1) is 15.3. The molecule has 3 heterocycles. The summed E-state index contributed by atoms with van der Waals surface area (Å²) in [6, 6.07) is 4.25. The molecule has 32 heavy (non-hydrogen) atoms. The lowest BCUT2D eigenvalue weighted by Gasteiger charge is -2.34. The summed E-state index contributed by atoms with van der Waals surface area (Å²) in [5.74, 6) is 2.55. The van der Waals surface area contributed by atoms with Crippen LogP contribution >= 0.6 is 24.0 Å². The average Bonchev–Trinajstić information content (AvgIpc) is 2.84. The van der Waals surface area contributed by atoms with E-state index in [1.807, 2.05) is 13.2 Å². The second-order valence-electron chi connectivity index (χ2n) is 8.28. The zero-order valence-electron chi connectivity index (χ0n) is 19.7. The number of pyridine rings is 1. The first-order valence-electron chi connectivity index (χ1n) is 11.8. The zero-order valence-corrected chi connectivity index (χ0v) is 22.1. The fourth-order valence-corrected chi connectivity index (χ4v) is 3.99. The number of halogens is 1. The van der Waals surface area contributed by atoms with Crippen LogP contribution in [-0.4, -0.2) is 88.6 Å². The van der Waals surface area contributed by atoms with Gasteiger partial charge < -0.3 is 29.9 Å². The molecular weight excluding hydrogens is 519 g/mol. The molecule has 182 valence electrons. The lowest BCUT2D eigenvalue weighted by Crippen LogP contribution is -2.46. The SMILES string of the molecule is CCN1CCN(c2cc(CNC(=NC)NCCCOCC3CCOCC3)ccn2)CC1.I. The monoisotopic (exact) mass is 560 g/mol. The van der Waals surface area contributed by atoms with Gasteiger partial charge in [-0.1, -0.05) is 6.92 Å². The molecule has 0 aliphatic carbocycles. The minimum Gasteiger partial charge on any atom is -0.381 e. The Bertz CT molecular complexity index is 664. The van der Waals surface area contributed by atoms with Gasteiger partial charge in [-0.15, -0.1) is 24.0 Å². The molecule has 3 rings (SSSR count). The molecule has 9 heteroatoms. The summed E-state index contributed by atoms with van der Waals surface area (Å²) in [5.41, 5.74) is 1.21. The number of nitrogens with zero attached hydrogens (tertiary/aromatic N) is 4. The van der Waals surface area contributed by atoms with Gasteiger partial charge in [0, 0.05) is 78.9 Å². The minimum absolute atomic E-state index is 0. The van der Waals surface area contributed by atoms with E-state index in [4.69, 9.17) is 9.47 Å². The van der Waals surface area contributed by atoms with Gasteiger partial charge in [-0.05, 0) is 49.4 Å². The number of piperazine rings is 1. The largest absolute Gasteiger partial charge is 0.381 e. The van der Waals surface area contributed by atoms with Crippen LogP contribution in [0.15, 0.2) is 23.3 Å². The van der Waals surface area contributed by atoms with E-state index in [0.717, 1.165) is 103 Å². The molecule has 2 fully saturated rings. The van der Waals surface area contributed by atoms with Gasteiger partial charge in [-0.25, -0.2) is 4.98 Å². The summed E-state index contributed by atoms with van der Waals surface area (Å²) >= 11 is 0. The molecule has 2 aliphatic rings. The van der Waals surface area contributed by atoms with Crippen molar-refractivity contribution in [3.63, 3.8) is 0 Å². The lowest BCUT2D eigenvalue weighted by molar-refractivity contribution is 0.0203. The standard InChI is InChI=1S/C23H40N6O2.HI/c1-3-28-10-12-29(13-11-28)22-17-21(5-9-25-22)18-27-23(24-2)26-8-4-14-31-19-20-6-15-30-16-7-20;/h5,9,17,20H,3-4,6-8,10-16,18-19H2,1-2H3,(H2,24,26,27);1H. The van der Waals surface area contributed by atoms with Crippen molar-refractivity contribution in [3.05, 3.63) is 23.9 Å². The normalized spacial score (nSPS) is 18.3. The maximum atomic E-state index is 5.83. The summed E-state index contributed by atoms with van der Waals surface area (Å²) in [4.78, 5) is 13.8. The van der Waals surface area contributed by atoms with Crippen LogP contribution in [-0.2, 0) is 16.0 Å². The molecule has 0 bridgehead atoms.